The average Bonchev–Trinajstić information content (AvgIpc) is 2.53. The van der Waals surface area contributed by atoms with Gasteiger partial charge < -0.3 is 10.2 Å². The Hall–Kier alpha value is -2.79. The molecule has 116 valence electrons. The summed E-state index contributed by atoms with van der Waals surface area (Å²) >= 11 is 5.99. The standard InChI is InChI=1S/C17H13ClN2O3/c18-14-3-1-2-13(9-14)12-6-4-11(5-7-12)8-15-10-16(21)20(23)17(22)19-15/h1-7,9-10,23H,8H2,(H,19,22). The molecule has 6 heteroatoms. The monoisotopic (exact) mass is 328 g/mol. The molecule has 2 N–H and O–H groups in total. The van der Waals surface area contributed by atoms with Gasteiger partial charge in [0.15, 0.2) is 0 Å². The van der Waals surface area contributed by atoms with Crippen molar-refractivity contribution in [3.63, 3.8) is 0 Å². The zero-order chi connectivity index (χ0) is 16.4. The molecule has 3 rings (SSSR count). The van der Waals surface area contributed by atoms with Crippen LogP contribution in [-0.2, 0) is 6.42 Å². The molecular formula is C17H13ClN2O3. The third kappa shape index (κ3) is 3.35. The molecule has 0 bridgehead atoms. The van der Waals surface area contributed by atoms with Crippen LogP contribution >= 0.6 is 11.6 Å². The van der Waals surface area contributed by atoms with E-state index in [0.717, 1.165) is 16.7 Å². The molecule has 0 unspecified atom stereocenters. The molecule has 1 heterocycles. The maximum Gasteiger partial charge on any atom is 0.362 e. The van der Waals surface area contributed by atoms with Crippen LogP contribution in [0.25, 0.3) is 11.1 Å². The average molecular weight is 329 g/mol. The Bertz CT molecular complexity index is 927. The summed E-state index contributed by atoms with van der Waals surface area (Å²) in [4.78, 5) is 25.2. The molecule has 0 fully saturated rings. The third-order valence-electron chi connectivity index (χ3n) is 3.47. The number of benzene rings is 2. The van der Waals surface area contributed by atoms with Crippen LogP contribution in [-0.4, -0.2) is 14.9 Å². The van der Waals surface area contributed by atoms with E-state index in [0.29, 0.717) is 17.1 Å². The van der Waals surface area contributed by atoms with Gasteiger partial charge in [0.05, 0.1) is 0 Å². The zero-order valence-electron chi connectivity index (χ0n) is 12.0. The van der Waals surface area contributed by atoms with Crippen LogP contribution in [0.4, 0.5) is 0 Å². The van der Waals surface area contributed by atoms with E-state index in [2.05, 4.69) is 4.98 Å². The van der Waals surface area contributed by atoms with E-state index in [1.54, 1.807) is 0 Å². The highest BCUT2D eigenvalue weighted by atomic mass is 35.5. The third-order valence-corrected chi connectivity index (χ3v) is 3.71. The first kappa shape index (κ1) is 15.1. The second-order valence-corrected chi connectivity index (χ2v) is 5.57. The van der Waals surface area contributed by atoms with Crippen LogP contribution in [0, 0.1) is 0 Å². The van der Waals surface area contributed by atoms with Gasteiger partial charge in [0.25, 0.3) is 5.56 Å². The SMILES string of the molecule is O=c1cc(Cc2ccc(-c3cccc(Cl)c3)cc2)[nH]c(=O)n1O. The molecule has 0 spiro atoms. The van der Waals surface area contributed by atoms with Gasteiger partial charge in [0.1, 0.15) is 0 Å². The van der Waals surface area contributed by atoms with Gasteiger partial charge in [-0.2, -0.15) is 0 Å². The molecule has 0 saturated carbocycles. The van der Waals surface area contributed by atoms with E-state index in [-0.39, 0.29) is 4.73 Å². The summed E-state index contributed by atoms with van der Waals surface area (Å²) < 4.78 is 0.0474. The van der Waals surface area contributed by atoms with Gasteiger partial charge in [-0.1, -0.05) is 52.7 Å². The van der Waals surface area contributed by atoms with Gasteiger partial charge in [0, 0.05) is 23.2 Å². The number of hydrogen-bond acceptors (Lipinski definition) is 3. The van der Waals surface area contributed by atoms with E-state index in [9.17, 15) is 9.59 Å². The minimum absolute atomic E-state index is 0.0474. The molecule has 0 aliphatic carbocycles. The number of rotatable bonds is 3. The highest BCUT2D eigenvalue weighted by Crippen LogP contribution is 2.23. The first-order chi connectivity index (χ1) is 11.0. The van der Waals surface area contributed by atoms with Crippen molar-refractivity contribution in [3.05, 3.63) is 91.7 Å². The number of halogens is 1. The predicted molar refractivity (Wildman–Crippen MR) is 88.2 cm³/mol. The second kappa shape index (κ2) is 6.14. The van der Waals surface area contributed by atoms with Crippen molar-refractivity contribution in [2.24, 2.45) is 0 Å². The fourth-order valence-electron chi connectivity index (χ4n) is 2.33. The van der Waals surface area contributed by atoms with Crippen LogP contribution in [0.1, 0.15) is 11.3 Å². The second-order valence-electron chi connectivity index (χ2n) is 5.13. The first-order valence-electron chi connectivity index (χ1n) is 6.92. The van der Waals surface area contributed by atoms with Crippen molar-refractivity contribution in [2.75, 3.05) is 0 Å². The summed E-state index contributed by atoms with van der Waals surface area (Å²) in [5.74, 6) is 0. The van der Waals surface area contributed by atoms with E-state index >= 15 is 0 Å². The molecule has 2 aromatic carbocycles. The summed E-state index contributed by atoms with van der Waals surface area (Å²) in [7, 11) is 0. The fraction of sp³-hybridized carbons (Fsp3) is 0.0588. The quantitative estimate of drug-likeness (QED) is 0.726. The molecular weight excluding hydrogens is 316 g/mol. The van der Waals surface area contributed by atoms with Crippen molar-refractivity contribution < 1.29 is 5.21 Å². The van der Waals surface area contributed by atoms with Crippen LogP contribution < -0.4 is 11.2 Å². The summed E-state index contributed by atoms with van der Waals surface area (Å²) in [6, 6.07) is 16.5. The highest BCUT2D eigenvalue weighted by molar-refractivity contribution is 6.30. The van der Waals surface area contributed by atoms with Gasteiger partial charge >= 0.3 is 5.69 Å². The number of aromatic amines is 1. The maximum atomic E-state index is 11.4. The molecule has 5 nitrogen and oxygen atoms in total. The lowest BCUT2D eigenvalue weighted by molar-refractivity contribution is 0.160. The van der Waals surface area contributed by atoms with E-state index in [4.69, 9.17) is 16.8 Å². The van der Waals surface area contributed by atoms with E-state index in [1.807, 2.05) is 48.5 Å². The fourth-order valence-corrected chi connectivity index (χ4v) is 2.53. The van der Waals surface area contributed by atoms with Gasteiger partial charge in [-0.15, -0.1) is 0 Å². The Morgan fingerprint density at radius 2 is 1.74 bits per heavy atom. The largest absolute Gasteiger partial charge is 0.421 e. The van der Waals surface area contributed by atoms with E-state index in [1.165, 1.54) is 6.07 Å². The lowest BCUT2D eigenvalue weighted by atomic mass is 10.0. The maximum absolute atomic E-state index is 11.4. The number of nitrogens with one attached hydrogen (secondary N) is 1. The van der Waals surface area contributed by atoms with Crippen molar-refractivity contribution in [1.82, 2.24) is 9.71 Å². The predicted octanol–water partition coefficient (Wildman–Crippen LogP) is 2.69. The Morgan fingerprint density at radius 1 is 1.00 bits per heavy atom. The normalized spacial score (nSPS) is 10.7. The summed E-state index contributed by atoms with van der Waals surface area (Å²) in [5, 5.41) is 9.81. The number of aromatic nitrogens is 2. The minimum atomic E-state index is -0.844. The van der Waals surface area contributed by atoms with Crippen LogP contribution in [0.3, 0.4) is 0 Å². The number of nitrogens with zero attached hydrogens (tertiary/aromatic N) is 1. The Morgan fingerprint density at radius 3 is 2.39 bits per heavy atom. The number of H-pyrrole nitrogens is 1. The summed E-state index contributed by atoms with van der Waals surface area (Å²) in [6.45, 7) is 0. The van der Waals surface area contributed by atoms with Crippen LogP contribution in [0.15, 0.2) is 64.2 Å². The molecule has 0 radical (unpaired) electrons. The van der Waals surface area contributed by atoms with Crippen molar-refractivity contribution >= 4 is 11.6 Å². The van der Waals surface area contributed by atoms with E-state index < -0.39 is 11.2 Å². The molecule has 3 aromatic rings. The van der Waals surface area contributed by atoms with Gasteiger partial charge in [-0.3, -0.25) is 4.79 Å². The topological polar surface area (TPSA) is 75.1 Å². The van der Waals surface area contributed by atoms with Crippen LogP contribution in [0.5, 0.6) is 0 Å². The lowest BCUT2D eigenvalue weighted by Crippen LogP contribution is -2.33. The number of hydrogen-bond donors (Lipinski definition) is 2. The minimum Gasteiger partial charge on any atom is -0.421 e. The molecule has 23 heavy (non-hydrogen) atoms. The van der Waals surface area contributed by atoms with Crippen molar-refractivity contribution in [3.8, 4) is 11.1 Å². The Labute approximate surface area is 136 Å². The summed E-state index contributed by atoms with van der Waals surface area (Å²) in [5.41, 5.74) is 1.82. The van der Waals surface area contributed by atoms with Gasteiger partial charge in [0.2, 0.25) is 0 Å². The van der Waals surface area contributed by atoms with Gasteiger partial charge in [-0.05, 0) is 28.8 Å². The molecule has 0 amide bonds. The smallest absolute Gasteiger partial charge is 0.362 e. The highest BCUT2D eigenvalue weighted by Gasteiger charge is 2.04. The zero-order valence-corrected chi connectivity index (χ0v) is 12.7. The molecule has 0 atom stereocenters. The molecule has 0 aliphatic heterocycles. The van der Waals surface area contributed by atoms with Gasteiger partial charge in [-0.25, -0.2) is 4.79 Å². The molecule has 0 saturated heterocycles. The molecule has 1 aromatic heterocycles. The van der Waals surface area contributed by atoms with Crippen molar-refractivity contribution in [2.45, 2.75) is 6.42 Å². The lowest BCUT2D eigenvalue weighted by Gasteiger charge is -2.06. The van der Waals surface area contributed by atoms with Crippen LogP contribution in [0.2, 0.25) is 5.02 Å². The Kier molecular flexibility index (Phi) is 4.04. The van der Waals surface area contributed by atoms with Crippen molar-refractivity contribution in [1.29, 1.82) is 0 Å². The Balaban J connectivity index is 1.86. The first-order valence-corrected chi connectivity index (χ1v) is 7.30. The molecule has 0 aliphatic rings. The summed E-state index contributed by atoms with van der Waals surface area (Å²) in [6.07, 6.45) is 0.390.